The van der Waals surface area contributed by atoms with Crippen molar-refractivity contribution in [2.45, 2.75) is 6.92 Å². The van der Waals surface area contributed by atoms with Crippen LogP contribution in [-0.2, 0) is 0 Å². The van der Waals surface area contributed by atoms with Crippen LogP contribution in [-0.4, -0.2) is 23.3 Å². The summed E-state index contributed by atoms with van der Waals surface area (Å²) in [6.45, 7) is 1.73. The van der Waals surface area contributed by atoms with Crippen molar-refractivity contribution in [3.63, 3.8) is 0 Å². The minimum atomic E-state index is -0.332. The lowest BCUT2D eigenvalue weighted by molar-refractivity contribution is 0.262. The van der Waals surface area contributed by atoms with Gasteiger partial charge < -0.3 is 19.8 Å². The number of ether oxygens (including phenoxy) is 1. The van der Waals surface area contributed by atoms with Crippen LogP contribution in [0.25, 0.3) is 11.5 Å². The first-order valence-electron chi connectivity index (χ1n) is 7.26. The molecule has 3 rings (SSSR count). The Morgan fingerprint density at radius 2 is 1.54 bits per heavy atom. The molecule has 122 valence electrons. The van der Waals surface area contributed by atoms with Gasteiger partial charge in [0, 0.05) is 23.9 Å². The molecule has 0 radical (unpaired) electrons. The Morgan fingerprint density at radius 1 is 0.958 bits per heavy atom. The standard InChI is InChI=1S/C17H16N4O3/c1-11-20-21-16(24-11)12-3-5-13(6-4-12)18-17(22)19-14-7-9-15(23-2)10-8-14/h3-10H,1-2H3,(H2,18,19,22). The van der Waals surface area contributed by atoms with Gasteiger partial charge in [0.2, 0.25) is 11.8 Å². The van der Waals surface area contributed by atoms with Crippen LogP contribution in [0.1, 0.15) is 5.89 Å². The number of hydrogen-bond acceptors (Lipinski definition) is 5. The molecule has 1 aromatic heterocycles. The molecular weight excluding hydrogens is 308 g/mol. The molecule has 0 unspecified atom stereocenters. The molecule has 3 aromatic rings. The van der Waals surface area contributed by atoms with E-state index in [1.54, 1.807) is 62.6 Å². The number of anilines is 2. The van der Waals surface area contributed by atoms with Crippen LogP contribution in [0.4, 0.5) is 16.2 Å². The molecule has 0 aliphatic rings. The Labute approximate surface area is 138 Å². The van der Waals surface area contributed by atoms with E-state index in [-0.39, 0.29) is 6.03 Å². The van der Waals surface area contributed by atoms with Gasteiger partial charge in [0.1, 0.15) is 5.75 Å². The average molecular weight is 324 g/mol. The van der Waals surface area contributed by atoms with Gasteiger partial charge in [-0.15, -0.1) is 10.2 Å². The van der Waals surface area contributed by atoms with E-state index in [0.29, 0.717) is 23.2 Å². The van der Waals surface area contributed by atoms with E-state index >= 15 is 0 Å². The third-order valence-electron chi connectivity index (χ3n) is 3.26. The zero-order valence-corrected chi connectivity index (χ0v) is 13.2. The molecule has 7 heteroatoms. The molecule has 0 spiro atoms. The molecule has 2 amide bonds. The molecule has 2 aromatic carbocycles. The maximum Gasteiger partial charge on any atom is 0.323 e. The predicted octanol–water partition coefficient (Wildman–Crippen LogP) is 3.70. The lowest BCUT2D eigenvalue weighted by Gasteiger charge is -2.08. The van der Waals surface area contributed by atoms with Crippen molar-refractivity contribution in [3.05, 3.63) is 54.4 Å². The number of aromatic nitrogens is 2. The van der Waals surface area contributed by atoms with Gasteiger partial charge in [0.15, 0.2) is 0 Å². The highest BCUT2D eigenvalue weighted by molar-refractivity contribution is 5.99. The van der Waals surface area contributed by atoms with Crippen LogP contribution >= 0.6 is 0 Å². The monoisotopic (exact) mass is 324 g/mol. The largest absolute Gasteiger partial charge is 0.497 e. The first-order valence-corrected chi connectivity index (χ1v) is 7.26. The number of carbonyl (C=O) groups is 1. The number of urea groups is 1. The maximum absolute atomic E-state index is 12.0. The van der Waals surface area contributed by atoms with Crippen molar-refractivity contribution in [1.29, 1.82) is 0 Å². The Morgan fingerprint density at radius 3 is 2.04 bits per heavy atom. The van der Waals surface area contributed by atoms with Crippen molar-refractivity contribution < 1.29 is 13.9 Å². The molecule has 0 atom stereocenters. The fourth-order valence-corrected chi connectivity index (χ4v) is 2.08. The summed E-state index contributed by atoms with van der Waals surface area (Å²) in [7, 11) is 1.59. The molecule has 0 bridgehead atoms. The van der Waals surface area contributed by atoms with Gasteiger partial charge in [0.05, 0.1) is 7.11 Å². The van der Waals surface area contributed by atoms with Gasteiger partial charge in [-0.05, 0) is 48.5 Å². The third-order valence-corrected chi connectivity index (χ3v) is 3.26. The summed E-state index contributed by atoms with van der Waals surface area (Å²) in [6.07, 6.45) is 0. The number of methoxy groups -OCH3 is 1. The van der Waals surface area contributed by atoms with Gasteiger partial charge in [-0.1, -0.05) is 0 Å². The van der Waals surface area contributed by atoms with E-state index in [1.165, 1.54) is 0 Å². The van der Waals surface area contributed by atoms with Gasteiger partial charge in [-0.3, -0.25) is 0 Å². The highest BCUT2D eigenvalue weighted by Gasteiger charge is 2.07. The van der Waals surface area contributed by atoms with Crippen LogP contribution in [0, 0.1) is 6.92 Å². The van der Waals surface area contributed by atoms with Gasteiger partial charge in [0.25, 0.3) is 0 Å². The number of amides is 2. The van der Waals surface area contributed by atoms with E-state index in [4.69, 9.17) is 9.15 Å². The van der Waals surface area contributed by atoms with E-state index in [2.05, 4.69) is 20.8 Å². The fourth-order valence-electron chi connectivity index (χ4n) is 2.08. The molecule has 1 heterocycles. The molecule has 7 nitrogen and oxygen atoms in total. The summed E-state index contributed by atoms with van der Waals surface area (Å²) >= 11 is 0. The second-order valence-corrected chi connectivity index (χ2v) is 5.01. The number of aryl methyl sites for hydroxylation is 1. The molecule has 0 aliphatic carbocycles. The lowest BCUT2D eigenvalue weighted by Crippen LogP contribution is -2.19. The number of nitrogens with one attached hydrogen (secondary N) is 2. The van der Waals surface area contributed by atoms with Crippen LogP contribution in [0.2, 0.25) is 0 Å². The Hall–Kier alpha value is -3.35. The summed E-state index contributed by atoms with van der Waals surface area (Å²) in [5.41, 5.74) is 2.11. The number of rotatable bonds is 4. The number of benzene rings is 2. The summed E-state index contributed by atoms with van der Waals surface area (Å²) in [4.78, 5) is 12.0. The maximum atomic E-state index is 12.0. The van der Waals surface area contributed by atoms with Gasteiger partial charge >= 0.3 is 6.03 Å². The average Bonchev–Trinajstić information content (AvgIpc) is 3.02. The Kier molecular flexibility index (Phi) is 4.42. The van der Waals surface area contributed by atoms with Crippen LogP contribution in [0.15, 0.2) is 52.9 Å². The topological polar surface area (TPSA) is 89.3 Å². The van der Waals surface area contributed by atoms with Crippen molar-refractivity contribution in [3.8, 4) is 17.2 Å². The zero-order valence-electron chi connectivity index (χ0n) is 13.2. The Bertz CT molecular complexity index is 826. The molecule has 24 heavy (non-hydrogen) atoms. The number of hydrogen-bond donors (Lipinski definition) is 2. The van der Waals surface area contributed by atoms with Crippen molar-refractivity contribution >= 4 is 17.4 Å². The molecule has 0 fully saturated rings. The first kappa shape index (κ1) is 15.5. The summed E-state index contributed by atoms with van der Waals surface area (Å²) in [5, 5.41) is 13.2. The van der Waals surface area contributed by atoms with Gasteiger partial charge in [-0.25, -0.2) is 4.79 Å². The van der Waals surface area contributed by atoms with Crippen LogP contribution < -0.4 is 15.4 Å². The number of carbonyl (C=O) groups excluding carboxylic acids is 1. The Balaban J connectivity index is 1.61. The SMILES string of the molecule is COc1ccc(NC(=O)Nc2ccc(-c3nnc(C)o3)cc2)cc1. The van der Waals surface area contributed by atoms with E-state index < -0.39 is 0 Å². The smallest absolute Gasteiger partial charge is 0.323 e. The second kappa shape index (κ2) is 6.82. The predicted molar refractivity (Wildman–Crippen MR) is 90.1 cm³/mol. The second-order valence-electron chi connectivity index (χ2n) is 5.01. The van der Waals surface area contributed by atoms with Crippen molar-refractivity contribution in [2.75, 3.05) is 17.7 Å². The summed E-state index contributed by atoms with van der Waals surface area (Å²) in [6, 6.07) is 13.9. The first-order chi connectivity index (χ1) is 11.6. The third kappa shape index (κ3) is 3.70. The van der Waals surface area contributed by atoms with Crippen LogP contribution in [0.3, 0.4) is 0 Å². The molecular formula is C17H16N4O3. The minimum absolute atomic E-state index is 0.332. The number of nitrogens with zero attached hydrogens (tertiary/aromatic N) is 2. The molecule has 2 N–H and O–H groups in total. The van der Waals surface area contributed by atoms with Crippen LogP contribution in [0.5, 0.6) is 5.75 Å². The lowest BCUT2D eigenvalue weighted by atomic mass is 10.2. The van der Waals surface area contributed by atoms with Crippen molar-refractivity contribution in [2.24, 2.45) is 0 Å². The molecule has 0 aliphatic heterocycles. The highest BCUT2D eigenvalue weighted by atomic mass is 16.5. The van der Waals surface area contributed by atoms with E-state index in [1.807, 2.05) is 0 Å². The molecule has 0 saturated carbocycles. The minimum Gasteiger partial charge on any atom is -0.497 e. The normalized spacial score (nSPS) is 10.2. The van der Waals surface area contributed by atoms with E-state index in [9.17, 15) is 4.79 Å². The van der Waals surface area contributed by atoms with E-state index in [0.717, 1.165) is 11.3 Å². The quantitative estimate of drug-likeness (QED) is 0.764. The highest BCUT2D eigenvalue weighted by Crippen LogP contribution is 2.20. The molecule has 0 saturated heterocycles. The zero-order chi connectivity index (χ0) is 16.9. The summed E-state index contributed by atoms with van der Waals surface area (Å²) < 4.78 is 10.4. The summed E-state index contributed by atoms with van der Waals surface area (Å²) in [5.74, 6) is 1.68. The fraction of sp³-hybridized carbons (Fsp3) is 0.118. The van der Waals surface area contributed by atoms with Gasteiger partial charge in [-0.2, -0.15) is 0 Å². The van der Waals surface area contributed by atoms with Crippen molar-refractivity contribution in [1.82, 2.24) is 10.2 Å².